The van der Waals surface area contributed by atoms with Crippen LogP contribution < -0.4 is 5.19 Å². The van der Waals surface area contributed by atoms with Crippen molar-refractivity contribution in [3.63, 3.8) is 0 Å². The summed E-state index contributed by atoms with van der Waals surface area (Å²) < 4.78 is 0. The molecule has 0 heterocycles. The molecule has 0 fully saturated rings. The summed E-state index contributed by atoms with van der Waals surface area (Å²) in [4.78, 5) is 0. The fourth-order valence-electron chi connectivity index (χ4n) is 2.14. The second-order valence-electron chi connectivity index (χ2n) is 5.41. The van der Waals surface area contributed by atoms with Crippen LogP contribution >= 0.6 is 0 Å². The molecule has 0 aliphatic carbocycles. The van der Waals surface area contributed by atoms with Crippen molar-refractivity contribution in [1.82, 2.24) is 0 Å². The van der Waals surface area contributed by atoms with Crippen LogP contribution in [0.4, 0.5) is 0 Å². The van der Waals surface area contributed by atoms with Gasteiger partial charge in [-0.3, -0.25) is 0 Å². The Morgan fingerprint density at radius 1 is 1.06 bits per heavy atom. The predicted molar refractivity (Wildman–Crippen MR) is 81.5 cm³/mol. The van der Waals surface area contributed by atoms with E-state index in [9.17, 15) is 0 Å². The van der Waals surface area contributed by atoms with Crippen LogP contribution in [0.25, 0.3) is 0 Å². The van der Waals surface area contributed by atoms with E-state index >= 15 is 0 Å². The summed E-state index contributed by atoms with van der Waals surface area (Å²) >= 11 is 0. The molecule has 0 unspecified atom stereocenters. The number of benzene rings is 1. The van der Waals surface area contributed by atoms with Gasteiger partial charge in [-0.05, 0) is 12.8 Å². The lowest BCUT2D eigenvalue weighted by molar-refractivity contribution is 0.671. The zero-order chi connectivity index (χ0) is 12.7. The number of hydrogen-bond acceptors (Lipinski definition) is 0. The first-order chi connectivity index (χ1) is 8.09. The Labute approximate surface area is 108 Å². The average molecular weight is 246 g/mol. The molecule has 17 heavy (non-hydrogen) atoms. The van der Waals surface area contributed by atoms with Gasteiger partial charge in [0.05, 0.1) is 0 Å². The van der Waals surface area contributed by atoms with E-state index in [-0.39, 0.29) is 0 Å². The molecule has 1 heteroatoms. The van der Waals surface area contributed by atoms with Gasteiger partial charge in [0.2, 0.25) is 0 Å². The molecule has 0 radical (unpaired) electrons. The third-order valence-electron chi connectivity index (χ3n) is 3.71. The molecule has 0 N–H and O–H groups in total. The van der Waals surface area contributed by atoms with Crippen LogP contribution in [-0.2, 0) is 0 Å². The zero-order valence-electron chi connectivity index (χ0n) is 11.6. The number of hydrogen-bond donors (Lipinski definition) is 0. The molecule has 94 valence electrons. The summed E-state index contributed by atoms with van der Waals surface area (Å²) in [7, 11) is -1.44. The molecule has 0 saturated carbocycles. The summed E-state index contributed by atoms with van der Waals surface area (Å²) in [5.74, 6) is 0. The summed E-state index contributed by atoms with van der Waals surface area (Å²) in [6.45, 7) is 11.5. The van der Waals surface area contributed by atoms with Gasteiger partial charge in [-0.15, -0.1) is 6.58 Å². The molecule has 0 spiro atoms. The molecule has 0 aromatic heterocycles. The van der Waals surface area contributed by atoms with Gasteiger partial charge in [0.1, 0.15) is 8.07 Å². The molecule has 0 saturated heterocycles. The minimum atomic E-state index is -1.44. The molecular weight excluding hydrogens is 220 g/mol. The summed E-state index contributed by atoms with van der Waals surface area (Å²) in [6.07, 6.45) is 6.56. The lowest BCUT2D eigenvalue weighted by Crippen LogP contribution is -2.43. The molecule has 0 amide bonds. The van der Waals surface area contributed by atoms with Crippen LogP contribution in [0.1, 0.15) is 39.0 Å². The van der Waals surface area contributed by atoms with Gasteiger partial charge in [0.25, 0.3) is 0 Å². The van der Waals surface area contributed by atoms with E-state index in [2.05, 4.69) is 56.9 Å². The number of allylic oxidation sites excluding steroid dienone is 1. The van der Waals surface area contributed by atoms with E-state index in [1.807, 2.05) is 0 Å². The Bertz CT molecular complexity index is 338. The average Bonchev–Trinajstić information content (AvgIpc) is 2.35. The summed E-state index contributed by atoms with van der Waals surface area (Å²) in [5, 5.41) is 3.01. The minimum absolute atomic E-state index is 1.22. The third-order valence-corrected chi connectivity index (χ3v) is 7.51. The first-order valence-corrected chi connectivity index (χ1v) is 9.82. The van der Waals surface area contributed by atoms with Gasteiger partial charge >= 0.3 is 0 Å². The van der Waals surface area contributed by atoms with Crippen molar-refractivity contribution in [3.8, 4) is 0 Å². The van der Waals surface area contributed by atoms with Gasteiger partial charge in [-0.2, -0.15) is 0 Å². The summed E-state index contributed by atoms with van der Waals surface area (Å²) in [5.41, 5.74) is 0. The van der Waals surface area contributed by atoms with Gasteiger partial charge in [-0.25, -0.2) is 0 Å². The van der Waals surface area contributed by atoms with Crippen molar-refractivity contribution in [2.45, 2.75) is 52.1 Å². The molecule has 1 rings (SSSR count). The maximum Gasteiger partial charge on any atom is 0.106 e. The van der Waals surface area contributed by atoms with Crippen LogP contribution in [0.2, 0.25) is 13.1 Å². The smallest absolute Gasteiger partial charge is 0.103 e. The predicted octanol–water partition coefficient (Wildman–Crippen LogP) is 4.67. The molecule has 0 aliphatic rings. The maximum absolute atomic E-state index is 4.36. The molecule has 0 aliphatic heterocycles. The molecule has 0 nitrogen and oxygen atoms in total. The van der Waals surface area contributed by atoms with Crippen LogP contribution in [0.3, 0.4) is 0 Å². The first-order valence-electron chi connectivity index (χ1n) is 6.82. The molecule has 0 atom stereocenters. The second-order valence-corrected chi connectivity index (χ2v) is 9.94. The Morgan fingerprint density at radius 2 is 1.71 bits per heavy atom. The van der Waals surface area contributed by atoms with E-state index in [1.54, 1.807) is 0 Å². The fraction of sp³-hybridized carbons (Fsp3) is 0.500. The second kappa shape index (κ2) is 6.80. The Balaban J connectivity index is 2.55. The van der Waals surface area contributed by atoms with Gasteiger partial charge in [-0.1, -0.05) is 80.0 Å². The highest BCUT2D eigenvalue weighted by Crippen LogP contribution is 2.19. The molecular formula is C16H26Si. The van der Waals surface area contributed by atoms with Crippen LogP contribution in [0, 0.1) is 0 Å². The van der Waals surface area contributed by atoms with Crippen molar-refractivity contribution in [1.29, 1.82) is 0 Å². The van der Waals surface area contributed by atoms with Crippen LogP contribution in [-0.4, -0.2) is 8.07 Å². The van der Waals surface area contributed by atoms with Crippen molar-refractivity contribution < 1.29 is 0 Å². The molecule has 1 aromatic rings. The monoisotopic (exact) mass is 246 g/mol. The first kappa shape index (κ1) is 14.2. The van der Waals surface area contributed by atoms with Gasteiger partial charge in [0, 0.05) is 0 Å². The van der Waals surface area contributed by atoms with Gasteiger partial charge in [0.15, 0.2) is 0 Å². The molecule has 0 bridgehead atoms. The standard InChI is InChI=1S/C16H26Si/c1-5-6-7-9-12-15(2)17(3,4)16-13-10-8-11-14-16/h8,10-11,13-14H,2,5-7,9,12H2,1,3-4H3. The largest absolute Gasteiger partial charge is 0.106 e. The van der Waals surface area contributed by atoms with Crippen molar-refractivity contribution in [3.05, 3.63) is 42.1 Å². The molecule has 1 aromatic carbocycles. The Morgan fingerprint density at radius 3 is 2.29 bits per heavy atom. The lowest BCUT2D eigenvalue weighted by Gasteiger charge is -2.26. The van der Waals surface area contributed by atoms with Crippen LogP contribution in [0.5, 0.6) is 0 Å². The number of rotatable bonds is 7. The SMILES string of the molecule is C=C(CCCCCC)[Si](C)(C)c1ccccc1. The third kappa shape index (κ3) is 4.16. The minimum Gasteiger partial charge on any atom is -0.103 e. The highest BCUT2D eigenvalue weighted by atomic mass is 28.3. The van der Waals surface area contributed by atoms with Crippen molar-refractivity contribution in [2.75, 3.05) is 0 Å². The Hall–Kier alpha value is -0.823. The highest BCUT2D eigenvalue weighted by Gasteiger charge is 2.25. The number of unbranched alkanes of at least 4 members (excludes halogenated alkanes) is 3. The maximum atomic E-state index is 4.36. The van der Waals surface area contributed by atoms with E-state index in [0.717, 1.165) is 0 Å². The van der Waals surface area contributed by atoms with Crippen molar-refractivity contribution >= 4 is 13.3 Å². The van der Waals surface area contributed by atoms with Crippen LogP contribution in [0.15, 0.2) is 42.1 Å². The Kier molecular flexibility index (Phi) is 5.70. The fourth-order valence-corrected chi connectivity index (χ4v) is 4.37. The zero-order valence-corrected chi connectivity index (χ0v) is 12.6. The van der Waals surface area contributed by atoms with Crippen molar-refractivity contribution in [2.24, 2.45) is 0 Å². The van der Waals surface area contributed by atoms with E-state index in [0.29, 0.717) is 0 Å². The van der Waals surface area contributed by atoms with Gasteiger partial charge < -0.3 is 0 Å². The summed E-state index contributed by atoms with van der Waals surface area (Å²) in [6, 6.07) is 10.9. The van der Waals surface area contributed by atoms with E-state index < -0.39 is 8.07 Å². The van der Waals surface area contributed by atoms with E-state index in [1.165, 1.54) is 42.5 Å². The quantitative estimate of drug-likeness (QED) is 0.484. The van der Waals surface area contributed by atoms with E-state index in [4.69, 9.17) is 0 Å². The lowest BCUT2D eigenvalue weighted by atomic mass is 10.1. The normalized spacial score (nSPS) is 11.5. The highest BCUT2D eigenvalue weighted by molar-refractivity contribution is 6.95. The topological polar surface area (TPSA) is 0 Å².